The largest absolute Gasteiger partial charge is 0.466 e. The fraction of sp³-hybridized carbons (Fsp3) is 0.778. The molecule has 0 aromatic rings. The highest BCUT2D eigenvalue weighted by molar-refractivity contribution is 5.82. The zero-order valence-electron chi connectivity index (χ0n) is 8.06. The van der Waals surface area contributed by atoms with E-state index < -0.39 is 18.2 Å². The molecular formula is C9H13NO4. The van der Waals surface area contributed by atoms with E-state index in [1.807, 2.05) is 0 Å². The third kappa shape index (κ3) is 1.81. The highest BCUT2D eigenvalue weighted by atomic mass is 16.6. The first-order chi connectivity index (χ1) is 6.70. The SMILES string of the molecule is COC(=O)[C@@H]1CN(CC2CC2)C(=O)O1. The first kappa shape index (κ1) is 9.30. The highest BCUT2D eigenvalue weighted by Gasteiger charge is 2.39. The molecule has 0 spiro atoms. The monoisotopic (exact) mass is 199 g/mol. The minimum atomic E-state index is -0.730. The maximum absolute atomic E-state index is 11.3. The van der Waals surface area contributed by atoms with Crippen molar-refractivity contribution in [3.05, 3.63) is 0 Å². The van der Waals surface area contributed by atoms with Crippen LogP contribution in [0.25, 0.3) is 0 Å². The number of esters is 1. The van der Waals surface area contributed by atoms with Gasteiger partial charge in [0.05, 0.1) is 13.7 Å². The second-order valence-corrected chi connectivity index (χ2v) is 3.74. The van der Waals surface area contributed by atoms with Crippen molar-refractivity contribution >= 4 is 12.1 Å². The number of carbonyl (C=O) groups is 2. The molecule has 14 heavy (non-hydrogen) atoms. The lowest BCUT2D eigenvalue weighted by molar-refractivity contribution is -0.148. The average molecular weight is 199 g/mol. The van der Waals surface area contributed by atoms with E-state index in [2.05, 4.69) is 4.74 Å². The molecule has 1 amide bonds. The maximum atomic E-state index is 11.3. The predicted octanol–water partition coefficient (Wildman–Crippen LogP) is 0.390. The fourth-order valence-corrected chi connectivity index (χ4v) is 1.52. The van der Waals surface area contributed by atoms with Crippen LogP contribution in [-0.2, 0) is 14.3 Å². The van der Waals surface area contributed by atoms with Crippen LogP contribution in [0.15, 0.2) is 0 Å². The average Bonchev–Trinajstić information content (AvgIpc) is 2.91. The number of hydrogen-bond donors (Lipinski definition) is 0. The fourth-order valence-electron chi connectivity index (χ4n) is 1.52. The topological polar surface area (TPSA) is 55.8 Å². The van der Waals surface area contributed by atoms with Gasteiger partial charge in [0.2, 0.25) is 6.10 Å². The van der Waals surface area contributed by atoms with Gasteiger partial charge in [0, 0.05) is 6.54 Å². The van der Waals surface area contributed by atoms with Crippen LogP contribution in [0.1, 0.15) is 12.8 Å². The second kappa shape index (κ2) is 3.48. The summed E-state index contributed by atoms with van der Waals surface area (Å²) in [6, 6.07) is 0. The molecular weight excluding hydrogens is 186 g/mol. The van der Waals surface area contributed by atoms with Gasteiger partial charge in [0.25, 0.3) is 0 Å². The molecule has 1 aliphatic carbocycles. The summed E-state index contributed by atoms with van der Waals surface area (Å²) >= 11 is 0. The number of amides is 1. The Hall–Kier alpha value is -1.26. The summed E-state index contributed by atoms with van der Waals surface area (Å²) in [4.78, 5) is 23.9. The minimum absolute atomic E-state index is 0.335. The van der Waals surface area contributed by atoms with Gasteiger partial charge >= 0.3 is 12.1 Å². The highest BCUT2D eigenvalue weighted by Crippen LogP contribution is 2.31. The minimum Gasteiger partial charge on any atom is -0.466 e. The Balaban J connectivity index is 1.88. The predicted molar refractivity (Wildman–Crippen MR) is 46.6 cm³/mol. The van der Waals surface area contributed by atoms with Crippen LogP contribution in [0.3, 0.4) is 0 Å². The van der Waals surface area contributed by atoms with Gasteiger partial charge in [-0.1, -0.05) is 0 Å². The lowest BCUT2D eigenvalue weighted by Gasteiger charge is -2.10. The van der Waals surface area contributed by atoms with Crippen molar-refractivity contribution < 1.29 is 19.1 Å². The van der Waals surface area contributed by atoms with E-state index in [-0.39, 0.29) is 0 Å². The summed E-state index contributed by atoms with van der Waals surface area (Å²) in [6.45, 7) is 1.05. The zero-order valence-corrected chi connectivity index (χ0v) is 8.06. The molecule has 1 saturated heterocycles. The Bertz CT molecular complexity index is 262. The molecule has 0 aromatic heterocycles. The summed E-state index contributed by atoms with van der Waals surface area (Å²) in [7, 11) is 1.29. The van der Waals surface area contributed by atoms with Crippen molar-refractivity contribution in [1.82, 2.24) is 4.90 Å². The molecule has 5 nitrogen and oxygen atoms in total. The van der Waals surface area contributed by atoms with Crippen LogP contribution in [0.2, 0.25) is 0 Å². The Morgan fingerprint density at radius 1 is 1.64 bits per heavy atom. The lowest BCUT2D eigenvalue weighted by Crippen LogP contribution is -2.30. The van der Waals surface area contributed by atoms with Crippen LogP contribution in [0.4, 0.5) is 4.79 Å². The summed E-state index contributed by atoms with van der Waals surface area (Å²) in [5, 5.41) is 0. The standard InChI is InChI=1S/C9H13NO4/c1-13-8(11)7-5-10(9(12)14-7)4-6-2-3-6/h6-7H,2-5H2,1H3/t7-/m0/s1. The second-order valence-electron chi connectivity index (χ2n) is 3.74. The summed E-state index contributed by atoms with van der Waals surface area (Å²) < 4.78 is 9.38. The van der Waals surface area contributed by atoms with Crippen molar-refractivity contribution in [1.29, 1.82) is 0 Å². The number of nitrogens with zero attached hydrogens (tertiary/aromatic N) is 1. The molecule has 1 atom stereocenters. The number of carbonyl (C=O) groups excluding carboxylic acids is 2. The Morgan fingerprint density at radius 2 is 2.36 bits per heavy atom. The molecule has 2 aliphatic rings. The van der Waals surface area contributed by atoms with Crippen molar-refractivity contribution in [3.63, 3.8) is 0 Å². The van der Waals surface area contributed by atoms with Gasteiger partial charge in [-0.2, -0.15) is 0 Å². The summed E-state index contributed by atoms with van der Waals surface area (Å²) in [5.41, 5.74) is 0. The molecule has 1 saturated carbocycles. The number of cyclic esters (lactones) is 1. The molecule has 0 N–H and O–H groups in total. The maximum Gasteiger partial charge on any atom is 0.410 e. The van der Waals surface area contributed by atoms with Crippen molar-refractivity contribution in [3.8, 4) is 0 Å². The molecule has 0 unspecified atom stereocenters. The van der Waals surface area contributed by atoms with Crippen LogP contribution in [0.5, 0.6) is 0 Å². The third-order valence-electron chi connectivity index (χ3n) is 2.53. The normalized spacial score (nSPS) is 26.2. The van der Waals surface area contributed by atoms with Gasteiger partial charge in [-0.05, 0) is 18.8 Å². The molecule has 2 rings (SSSR count). The Kier molecular flexibility index (Phi) is 2.31. The number of ether oxygens (including phenoxy) is 2. The molecule has 5 heteroatoms. The quantitative estimate of drug-likeness (QED) is 0.617. The zero-order chi connectivity index (χ0) is 10.1. The van der Waals surface area contributed by atoms with E-state index in [4.69, 9.17) is 4.74 Å². The molecule has 2 fully saturated rings. The smallest absolute Gasteiger partial charge is 0.410 e. The van der Waals surface area contributed by atoms with Gasteiger partial charge < -0.3 is 14.4 Å². The van der Waals surface area contributed by atoms with E-state index in [1.54, 1.807) is 4.90 Å². The van der Waals surface area contributed by atoms with Gasteiger partial charge in [-0.3, -0.25) is 0 Å². The Morgan fingerprint density at radius 3 is 2.93 bits per heavy atom. The van der Waals surface area contributed by atoms with Crippen LogP contribution in [0, 0.1) is 5.92 Å². The van der Waals surface area contributed by atoms with Gasteiger partial charge in [-0.25, -0.2) is 9.59 Å². The number of methoxy groups -OCH3 is 1. The molecule has 0 aromatic carbocycles. The van der Waals surface area contributed by atoms with Gasteiger partial charge in [0.1, 0.15) is 0 Å². The van der Waals surface area contributed by atoms with E-state index in [1.165, 1.54) is 20.0 Å². The van der Waals surface area contributed by atoms with Crippen LogP contribution >= 0.6 is 0 Å². The van der Waals surface area contributed by atoms with E-state index in [9.17, 15) is 9.59 Å². The molecule has 1 heterocycles. The van der Waals surface area contributed by atoms with Crippen LogP contribution in [-0.4, -0.2) is 43.3 Å². The third-order valence-corrected chi connectivity index (χ3v) is 2.53. The van der Waals surface area contributed by atoms with Crippen molar-refractivity contribution in [2.75, 3.05) is 20.2 Å². The Labute approximate surface area is 82.0 Å². The molecule has 0 bridgehead atoms. The first-order valence-electron chi connectivity index (χ1n) is 4.74. The summed E-state index contributed by atoms with van der Waals surface area (Å²) in [5.74, 6) is 0.135. The van der Waals surface area contributed by atoms with Gasteiger partial charge in [0.15, 0.2) is 0 Å². The van der Waals surface area contributed by atoms with Crippen molar-refractivity contribution in [2.24, 2.45) is 5.92 Å². The number of hydrogen-bond acceptors (Lipinski definition) is 4. The molecule has 78 valence electrons. The number of rotatable bonds is 3. The molecule has 1 aliphatic heterocycles. The molecule has 0 radical (unpaired) electrons. The van der Waals surface area contributed by atoms with Crippen molar-refractivity contribution in [2.45, 2.75) is 18.9 Å². The first-order valence-corrected chi connectivity index (χ1v) is 4.74. The van der Waals surface area contributed by atoms with Gasteiger partial charge in [-0.15, -0.1) is 0 Å². The van der Waals surface area contributed by atoms with E-state index in [0.717, 1.165) is 0 Å². The van der Waals surface area contributed by atoms with Crippen LogP contribution < -0.4 is 0 Å². The van der Waals surface area contributed by atoms with E-state index in [0.29, 0.717) is 19.0 Å². The van der Waals surface area contributed by atoms with E-state index >= 15 is 0 Å². The summed E-state index contributed by atoms with van der Waals surface area (Å²) in [6.07, 6.45) is 1.22. The lowest BCUT2D eigenvalue weighted by atomic mass is 10.3.